The highest BCUT2D eigenvalue weighted by Gasteiger charge is 2.32. The van der Waals surface area contributed by atoms with E-state index >= 15 is 0 Å². The van der Waals surface area contributed by atoms with Gasteiger partial charge in [-0.05, 0) is 81.8 Å². The van der Waals surface area contributed by atoms with Crippen LogP contribution in [0.3, 0.4) is 0 Å². The molecule has 0 saturated heterocycles. The lowest BCUT2D eigenvalue weighted by Crippen LogP contribution is -2.13. The van der Waals surface area contributed by atoms with Crippen molar-refractivity contribution in [1.82, 2.24) is 0 Å². The average Bonchev–Trinajstić information content (AvgIpc) is 3.56. The molecule has 282 valence electrons. The number of nitrogens with zero attached hydrogens (tertiary/aromatic N) is 2. The van der Waals surface area contributed by atoms with Gasteiger partial charge in [0.1, 0.15) is 0 Å². The normalized spacial score (nSPS) is 13.7. The predicted octanol–water partition coefficient (Wildman–Crippen LogP) is 14.5. The predicted molar refractivity (Wildman–Crippen MR) is 245 cm³/mol. The van der Waals surface area contributed by atoms with E-state index in [4.69, 9.17) is 21.6 Å². The Morgan fingerprint density at radius 3 is 1.21 bits per heavy atom. The van der Waals surface area contributed by atoms with E-state index in [1.807, 2.05) is 0 Å². The molecule has 58 heavy (non-hydrogen) atoms. The van der Waals surface area contributed by atoms with Crippen LogP contribution in [-0.4, -0.2) is 11.4 Å². The Kier molecular flexibility index (Phi) is 10.4. The highest BCUT2D eigenvalue weighted by atomic mass is 35.5. The van der Waals surface area contributed by atoms with E-state index in [9.17, 15) is 0 Å². The Morgan fingerprint density at radius 1 is 0.448 bits per heavy atom. The van der Waals surface area contributed by atoms with E-state index < -0.39 is 0 Å². The Hall–Kier alpha value is -6.35. The van der Waals surface area contributed by atoms with Gasteiger partial charge in [-0.1, -0.05) is 201 Å². The minimum Gasteiger partial charge on any atom is -0.246 e. The van der Waals surface area contributed by atoms with Crippen LogP contribution in [0, 0.1) is 6.92 Å². The van der Waals surface area contributed by atoms with Crippen molar-refractivity contribution in [1.29, 1.82) is 0 Å². The fourth-order valence-corrected chi connectivity index (χ4v) is 9.19. The Morgan fingerprint density at radius 2 is 0.828 bits per heavy atom. The van der Waals surface area contributed by atoms with Crippen molar-refractivity contribution in [3.8, 4) is 0 Å². The van der Waals surface area contributed by atoms with Crippen LogP contribution in [0.25, 0.3) is 10.8 Å². The van der Waals surface area contributed by atoms with Gasteiger partial charge in [-0.15, -0.1) is 0 Å². The molecular weight excluding hydrogens is 724 g/mol. The highest BCUT2D eigenvalue weighted by Crippen LogP contribution is 2.47. The first-order valence-electron chi connectivity index (χ1n) is 20.4. The summed E-state index contributed by atoms with van der Waals surface area (Å²) in [7, 11) is 0. The molecule has 0 heterocycles. The third-order valence-electron chi connectivity index (χ3n) is 11.5. The highest BCUT2D eigenvalue weighted by molar-refractivity contribution is 6.61. The van der Waals surface area contributed by atoms with Crippen LogP contribution in [0.1, 0.15) is 86.9 Å². The molecule has 0 aliphatic heterocycles. The first kappa shape index (κ1) is 37.2. The number of aryl methyl sites for hydroxylation is 3. The second kappa shape index (κ2) is 16.3. The van der Waals surface area contributed by atoms with Gasteiger partial charge in [0.05, 0.1) is 22.8 Å². The van der Waals surface area contributed by atoms with E-state index in [1.54, 1.807) is 0 Å². The Bertz CT molecular complexity index is 2590. The minimum absolute atomic E-state index is 0.151. The van der Waals surface area contributed by atoms with Gasteiger partial charge in [0.2, 0.25) is 0 Å². The smallest absolute Gasteiger partial charge is 0.0979 e. The summed E-state index contributed by atoms with van der Waals surface area (Å²) >= 11 is 7.36. The van der Waals surface area contributed by atoms with E-state index in [1.165, 1.54) is 49.7 Å². The molecule has 0 spiro atoms. The minimum atomic E-state index is -0.151. The standard InChI is InChI=1S/C55H45ClN2/c1-4-37-32-36(3)33-38(5-2)52(37)57-54-45-30-18-28-43-29-19-31-46(51(43)45)55(54)58-53-47(49(39-20-10-6-11-21-39)40-22-12-7-13-23-40)34-44(56)35-48(53)50(41-24-14-8-15-25-41)42-26-16-9-17-27-42/h6-35,49-50H,4-5H2,1-3H3. The molecule has 0 N–H and O–H groups in total. The molecule has 0 radical (unpaired) electrons. The quantitative estimate of drug-likeness (QED) is 0.124. The summed E-state index contributed by atoms with van der Waals surface area (Å²) in [5, 5.41) is 3.04. The van der Waals surface area contributed by atoms with E-state index in [0.717, 1.165) is 57.9 Å². The van der Waals surface area contributed by atoms with Gasteiger partial charge >= 0.3 is 0 Å². The third kappa shape index (κ3) is 6.99. The van der Waals surface area contributed by atoms with Crippen molar-refractivity contribution >= 4 is 45.2 Å². The largest absolute Gasteiger partial charge is 0.246 e. The van der Waals surface area contributed by atoms with Crippen LogP contribution in [0.4, 0.5) is 11.4 Å². The topological polar surface area (TPSA) is 24.7 Å². The van der Waals surface area contributed by atoms with Crippen molar-refractivity contribution in [2.75, 3.05) is 0 Å². The van der Waals surface area contributed by atoms with Crippen molar-refractivity contribution in [2.45, 2.75) is 45.4 Å². The van der Waals surface area contributed by atoms with Gasteiger partial charge in [0.15, 0.2) is 0 Å². The number of aliphatic imine (C=N–C) groups is 2. The SMILES string of the molecule is CCc1cc(C)cc(CC)c1N=C1C(=Nc2c(C(c3ccccc3)c3ccccc3)cc(Cl)cc2C(c2ccccc2)c2ccccc2)c2cccc3cccc1c23. The molecule has 9 rings (SSSR count). The Labute approximate surface area is 347 Å². The lowest BCUT2D eigenvalue weighted by atomic mass is 9.79. The number of halogens is 1. The summed E-state index contributed by atoms with van der Waals surface area (Å²) in [5.41, 5.74) is 16.5. The molecule has 8 aromatic carbocycles. The number of benzene rings is 8. The zero-order valence-electron chi connectivity index (χ0n) is 33.2. The summed E-state index contributed by atoms with van der Waals surface area (Å²) in [4.78, 5) is 11.7. The average molecular weight is 769 g/mol. The fourth-order valence-electron chi connectivity index (χ4n) is 8.95. The summed E-state index contributed by atoms with van der Waals surface area (Å²) in [6, 6.07) is 65.0. The molecule has 0 amide bonds. The van der Waals surface area contributed by atoms with Crippen LogP contribution in [-0.2, 0) is 12.8 Å². The van der Waals surface area contributed by atoms with Crippen LogP contribution < -0.4 is 0 Å². The van der Waals surface area contributed by atoms with E-state index in [2.05, 4.69) is 203 Å². The monoisotopic (exact) mass is 768 g/mol. The number of hydrogen-bond donors (Lipinski definition) is 0. The van der Waals surface area contributed by atoms with Crippen LogP contribution in [0.15, 0.2) is 192 Å². The zero-order valence-corrected chi connectivity index (χ0v) is 33.9. The first-order valence-corrected chi connectivity index (χ1v) is 20.8. The van der Waals surface area contributed by atoms with Gasteiger partial charge in [-0.3, -0.25) is 0 Å². The first-order chi connectivity index (χ1) is 28.5. The van der Waals surface area contributed by atoms with Gasteiger partial charge < -0.3 is 0 Å². The van der Waals surface area contributed by atoms with Gasteiger partial charge in [0.25, 0.3) is 0 Å². The summed E-state index contributed by atoms with van der Waals surface area (Å²) < 4.78 is 0. The van der Waals surface area contributed by atoms with Gasteiger partial charge in [-0.2, -0.15) is 0 Å². The lowest BCUT2D eigenvalue weighted by molar-refractivity contribution is 0.939. The molecule has 8 aromatic rings. The molecule has 0 saturated carbocycles. The molecule has 1 aliphatic carbocycles. The van der Waals surface area contributed by atoms with Crippen LogP contribution in [0.2, 0.25) is 5.02 Å². The van der Waals surface area contributed by atoms with E-state index in [0.29, 0.717) is 5.02 Å². The summed E-state index contributed by atoms with van der Waals surface area (Å²) in [5.74, 6) is -0.302. The third-order valence-corrected chi connectivity index (χ3v) is 11.8. The zero-order chi connectivity index (χ0) is 39.6. The number of rotatable bonds is 10. The van der Waals surface area contributed by atoms with Crippen molar-refractivity contribution in [2.24, 2.45) is 9.98 Å². The maximum absolute atomic E-state index is 7.36. The molecule has 0 unspecified atom stereocenters. The molecule has 0 atom stereocenters. The van der Waals surface area contributed by atoms with E-state index in [-0.39, 0.29) is 11.8 Å². The lowest BCUT2D eigenvalue weighted by Gasteiger charge is -2.27. The van der Waals surface area contributed by atoms with Crippen LogP contribution in [0.5, 0.6) is 0 Å². The maximum Gasteiger partial charge on any atom is 0.0979 e. The van der Waals surface area contributed by atoms with Gasteiger partial charge in [-0.25, -0.2) is 9.98 Å². The van der Waals surface area contributed by atoms with Gasteiger partial charge in [0, 0.05) is 33.4 Å². The molecule has 3 heteroatoms. The Balaban J connectivity index is 1.42. The molecular formula is C55H45ClN2. The van der Waals surface area contributed by atoms with Crippen molar-refractivity contribution in [3.05, 3.63) is 248 Å². The van der Waals surface area contributed by atoms with Crippen molar-refractivity contribution in [3.63, 3.8) is 0 Å². The fraction of sp³-hybridized carbons (Fsp3) is 0.127. The second-order valence-electron chi connectivity index (χ2n) is 15.2. The summed E-state index contributed by atoms with van der Waals surface area (Å²) in [6.45, 7) is 6.64. The molecule has 1 aliphatic rings. The number of hydrogen-bond acceptors (Lipinski definition) is 2. The van der Waals surface area contributed by atoms with Crippen LogP contribution >= 0.6 is 11.6 Å². The summed E-state index contributed by atoms with van der Waals surface area (Å²) in [6.07, 6.45) is 1.78. The second-order valence-corrected chi connectivity index (χ2v) is 15.6. The molecule has 0 bridgehead atoms. The van der Waals surface area contributed by atoms with Crippen molar-refractivity contribution < 1.29 is 0 Å². The molecule has 0 aromatic heterocycles. The molecule has 0 fully saturated rings. The molecule has 2 nitrogen and oxygen atoms in total. The maximum atomic E-state index is 7.36.